The van der Waals surface area contributed by atoms with Crippen molar-refractivity contribution in [2.45, 2.75) is 0 Å². The number of aliphatic imine (C=N–C) groups is 1. The van der Waals surface area contributed by atoms with Crippen LogP contribution in [0.4, 0.5) is 5.69 Å². The number of nitrogens with zero attached hydrogens (tertiary/aromatic N) is 2. The van der Waals surface area contributed by atoms with E-state index in [9.17, 15) is 4.79 Å². The lowest BCUT2D eigenvalue weighted by molar-refractivity contribution is 0.415. The predicted octanol–water partition coefficient (Wildman–Crippen LogP) is 2.72. The molecule has 0 aliphatic rings. The number of hydrogen-bond acceptors (Lipinski definition) is 4. The molecule has 0 aliphatic carbocycles. The Labute approximate surface area is 98.6 Å². The second-order valence-corrected chi connectivity index (χ2v) is 3.36. The van der Waals surface area contributed by atoms with Crippen molar-refractivity contribution in [1.82, 2.24) is 4.98 Å². The van der Waals surface area contributed by atoms with Gasteiger partial charge in [0.25, 0.3) is 0 Å². The molecule has 0 spiro atoms. The number of benzene rings is 1. The maximum Gasteiger partial charge on any atom is 0.240 e. The molecule has 0 fully saturated rings. The molecule has 0 saturated heterocycles. The molecule has 2 aromatic rings. The van der Waals surface area contributed by atoms with Gasteiger partial charge in [0.15, 0.2) is 0 Å². The minimum Gasteiger partial charge on any atom is -0.497 e. The van der Waals surface area contributed by atoms with Crippen molar-refractivity contribution in [2.24, 2.45) is 4.99 Å². The van der Waals surface area contributed by atoms with Crippen LogP contribution in [-0.4, -0.2) is 18.2 Å². The first kappa shape index (κ1) is 11.0. The number of methoxy groups -OCH3 is 1. The summed E-state index contributed by atoms with van der Waals surface area (Å²) in [6.07, 6.45) is 4.72. The van der Waals surface area contributed by atoms with Crippen molar-refractivity contribution in [2.75, 3.05) is 7.11 Å². The van der Waals surface area contributed by atoms with Gasteiger partial charge in [-0.15, -0.1) is 0 Å². The zero-order valence-electron chi connectivity index (χ0n) is 9.25. The molecule has 1 aromatic heterocycles. The molecular weight excluding hydrogens is 216 g/mol. The van der Waals surface area contributed by atoms with Crippen LogP contribution < -0.4 is 4.74 Å². The minimum absolute atomic E-state index is 0.494. The number of rotatable bonds is 3. The second kappa shape index (κ2) is 5.05. The molecule has 0 N–H and O–H groups in total. The lowest BCUT2D eigenvalue weighted by atomic mass is 10.1. The number of aromatic nitrogens is 1. The van der Waals surface area contributed by atoms with Gasteiger partial charge in [0, 0.05) is 11.8 Å². The normalized spacial score (nSPS) is 9.47. The zero-order chi connectivity index (χ0) is 12.1. The quantitative estimate of drug-likeness (QED) is 0.597. The summed E-state index contributed by atoms with van der Waals surface area (Å²) in [7, 11) is 1.62. The van der Waals surface area contributed by atoms with Gasteiger partial charge in [-0.25, -0.2) is 4.79 Å². The molecule has 0 unspecified atom stereocenters. The Morgan fingerprint density at radius 1 is 1.18 bits per heavy atom. The summed E-state index contributed by atoms with van der Waals surface area (Å²) in [5, 5.41) is 0. The van der Waals surface area contributed by atoms with Gasteiger partial charge in [0.2, 0.25) is 6.08 Å². The first-order valence-corrected chi connectivity index (χ1v) is 5.01. The van der Waals surface area contributed by atoms with Crippen LogP contribution in [0.3, 0.4) is 0 Å². The fourth-order valence-corrected chi connectivity index (χ4v) is 1.48. The summed E-state index contributed by atoms with van der Waals surface area (Å²) < 4.78 is 5.08. The Kier molecular flexibility index (Phi) is 3.28. The van der Waals surface area contributed by atoms with E-state index in [0.29, 0.717) is 5.69 Å². The summed E-state index contributed by atoms with van der Waals surface area (Å²) in [5.41, 5.74) is 2.37. The highest BCUT2D eigenvalue weighted by Crippen LogP contribution is 2.24. The Hall–Kier alpha value is -2.45. The van der Waals surface area contributed by atoms with E-state index >= 15 is 0 Å². The van der Waals surface area contributed by atoms with Crippen molar-refractivity contribution in [1.29, 1.82) is 0 Å². The molecule has 1 aromatic carbocycles. The van der Waals surface area contributed by atoms with E-state index in [0.717, 1.165) is 16.9 Å². The van der Waals surface area contributed by atoms with Gasteiger partial charge in [-0.05, 0) is 23.8 Å². The van der Waals surface area contributed by atoms with Crippen molar-refractivity contribution in [3.8, 4) is 16.9 Å². The highest BCUT2D eigenvalue weighted by molar-refractivity contribution is 5.67. The molecule has 17 heavy (non-hydrogen) atoms. The predicted molar refractivity (Wildman–Crippen MR) is 64.0 cm³/mol. The average molecular weight is 226 g/mol. The van der Waals surface area contributed by atoms with Gasteiger partial charge >= 0.3 is 0 Å². The number of pyridine rings is 1. The van der Waals surface area contributed by atoms with Crippen LogP contribution in [-0.2, 0) is 4.79 Å². The first-order valence-electron chi connectivity index (χ1n) is 5.01. The van der Waals surface area contributed by atoms with Crippen LogP contribution in [0.1, 0.15) is 0 Å². The second-order valence-electron chi connectivity index (χ2n) is 3.36. The number of isocyanates is 1. The summed E-state index contributed by atoms with van der Waals surface area (Å²) in [6, 6.07) is 9.35. The monoisotopic (exact) mass is 226 g/mol. The standard InChI is InChI=1S/C13H10N2O2/c1-17-13-4-2-10(3-5-13)11-6-12(15-9-16)8-14-7-11/h2-8H,1H3. The van der Waals surface area contributed by atoms with Crippen LogP contribution in [0, 0.1) is 0 Å². The van der Waals surface area contributed by atoms with Crippen molar-refractivity contribution in [3.05, 3.63) is 42.7 Å². The van der Waals surface area contributed by atoms with E-state index in [4.69, 9.17) is 4.74 Å². The molecule has 4 heteroatoms. The van der Waals surface area contributed by atoms with Gasteiger partial charge < -0.3 is 4.74 Å². The molecule has 0 radical (unpaired) electrons. The zero-order valence-corrected chi connectivity index (χ0v) is 9.25. The van der Waals surface area contributed by atoms with E-state index in [-0.39, 0.29) is 0 Å². The lowest BCUT2D eigenvalue weighted by Gasteiger charge is -2.03. The van der Waals surface area contributed by atoms with Gasteiger partial charge in [-0.2, -0.15) is 4.99 Å². The molecule has 0 bridgehead atoms. The van der Waals surface area contributed by atoms with E-state index in [1.54, 1.807) is 19.4 Å². The van der Waals surface area contributed by atoms with Crippen LogP contribution in [0.2, 0.25) is 0 Å². The van der Waals surface area contributed by atoms with Crippen molar-refractivity contribution >= 4 is 11.8 Å². The van der Waals surface area contributed by atoms with Crippen LogP contribution in [0.5, 0.6) is 5.75 Å². The Morgan fingerprint density at radius 2 is 1.94 bits per heavy atom. The molecule has 84 valence electrons. The Bertz CT molecular complexity index is 558. The van der Waals surface area contributed by atoms with Gasteiger partial charge in [-0.3, -0.25) is 4.98 Å². The van der Waals surface area contributed by atoms with E-state index in [1.165, 1.54) is 12.3 Å². The van der Waals surface area contributed by atoms with Crippen LogP contribution >= 0.6 is 0 Å². The van der Waals surface area contributed by atoms with Gasteiger partial charge in [-0.1, -0.05) is 12.1 Å². The summed E-state index contributed by atoms with van der Waals surface area (Å²) in [6.45, 7) is 0. The fourth-order valence-electron chi connectivity index (χ4n) is 1.48. The third-order valence-electron chi connectivity index (χ3n) is 2.32. The molecule has 0 saturated carbocycles. The largest absolute Gasteiger partial charge is 0.497 e. The van der Waals surface area contributed by atoms with Crippen molar-refractivity contribution in [3.63, 3.8) is 0 Å². The smallest absolute Gasteiger partial charge is 0.240 e. The van der Waals surface area contributed by atoms with Crippen molar-refractivity contribution < 1.29 is 9.53 Å². The molecule has 0 atom stereocenters. The minimum atomic E-state index is 0.494. The summed E-state index contributed by atoms with van der Waals surface area (Å²) in [5.74, 6) is 0.795. The third-order valence-corrected chi connectivity index (χ3v) is 2.32. The Morgan fingerprint density at radius 3 is 2.59 bits per heavy atom. The molecule has 1 heterocycles. The molecule has 4 nitrogen and oxygen atoms in total. The number of ether oxygens (including phenoxy) is 1. The maximum absolute atomic E-state index is 10.2. The van der Waals surface area contributed by atoms with E-state index < -0.39 is 0 Å². The average Bonchev–Trinajstić information content (AvgIpc) is 2.40. The topological polar surface area (TPSA) is 51.6 Å². The van der Waals surface area contributed by atoms with Crippen LogP contribution in [0.15, 0.2) is 47.7 Å². The van der Waals surface area contributed by atoms with Gasteiger partial charge in [0.1, 0.15) is 5.75 Å². The third kappa shape index (κ3) is 2.56. The molecule has 2 rings (SSSR count). The molecular formula is C13H10N2O2. The SMILES string of the molecule is COc1ccc(-c2cncc(N=C=O)c2)cc1. The highest BCUT2D eigenvalue weighted by Gasteiger charge is 2.00. The number of hydrogen-bond donors (Lipinski definition) is 0. The van der Waals surface area contributed by atoms with Crippen LogP contribution in [0.25, 0.3) is 11.1 Å². The van der Waals surface area contributed by atoms with E-state index in [1.807, 2.05) is 24.3 Å². The fraction of sp³-hybridized carbons (Fsp3) is 0.0769. The summed E-state index contributed by atoms with van der Waals surface area (Å²) >= 11 is 0. The summed E-state index contributed by atoms with van der Waals surface area (Å²) in [4.78, 5) is 17.7. The maximum atomic E-state index is 10.2. The molecule has 0 aliphatic heterocycles. The number of carbonyl (C=O) groups excluding carboxylic acids is 1. The first-order chi connectivity index (χ1) is 8.33. The highest BCUT2D eigenvalue weighted by atomic mass is 16.5. The van der Waals surface area contributed by atoms with E-state index in [2.05, 4.69) is 9.98 Å². The van der Waals surface area contributed by atoms with Gasteiger partial charge in [0.05, 0.1) is 19.0 Å². The lowest BCUT2D eigenvalue weighted by Crippen LogP contribution is -1.83. The molecule has 0 amide bonds. The Balaban J connectivity index is 2.38.